The molecular formula is C79H53NO3. The molecule has 0 spiro atoms. The van der Waals surface area contributed by atoms with Gasteiger partial charge in [0.25, 0.3) is 0 Å². The van der Waals surface area contributed by atoms with Crippen LogP contribution in [0, 0.1) is 0 Å². The topological polar surface area (TPSA) is 42.7 Å². The number of para-hydroxylation sites is 3. The Morgan fingerprint density at radius 1 is 0.313 bits per heavy atom. The lowest BCUT2D eigenvalue weighted by atomic mass is 9.67. The quantitative estimate of drug-likeness (QED) is 0.166. The van der Waals surface area contributed by atoms with Gasteiger partial charge in [-0.25, -0.2) is 0 Å². The molecule has 18 rings (SSSR count). The van der Waals surface area contributed by atoms with E-state index in [1.165, 1.54) is 83.3 Å². The van der Waals surface area contributed by atoms with Crippen molar-refractivity contribution in [2.45, 2.75) is 43.9 Å². The van der Waals surface area contributed by atoms with Crippen LogP contribution in [-0.2, 0) is 16.2 Å². The lowest BCUT2D eigenvalue weighted by Crippen LogP contribution is -2.29. The van der Waals surface area contributed by atoms with Crippen molar-refractivity contribution in [3.05, 3.63) is 293 Å². The SMILES string of the molecule is CC1(C)c2ccccc2-c2c1c1c(c3c2oc2ccccc23)-c2ccc(N(c3ccc4c(c3)C(c3ccccc3)(c3ccccc3)c3cc(-c5ccccc5)c5oc6ccccc6c5c3-4)c3cccc4oc5ccccc5c34)cc2C1(C)C. The Morgan fingerprint density at radius 2 is 0.795 bits per heavy atom. The number of furan rings is 3. The van der Waals surface area contributed by atoms with E-state index in [0.717, 1.165) is 88.6 Å². The van der Waals surface area contributed by atoms with E-state index in [4.69, 9.17) is 13.3 Å². The van der Waals surface area contributed by atoms with Gasteiger partial charge < -0.3 is 18.2 Å². The summed E-state index contributed by atoms with van der Waals surface area (Å²) in [5, 5.41) is 6.71. The third-order valence-electron chi connectivity index (χ3n) is 19.3. The van der Waals surface area contributed by atoms with Gasteiger partial charge in [0.05, 0.1) is 16.5 Å². The van der Waals surface area contributed by atoms with Gasteiger partial charge in [-0.15, -0.1) is 0 Å². The highest BCUT2D eigenvalue weighted by atomic mass is 16.3. The molecule has 4 nitrogen and oxygen atoms in total. The van der Waals surface area contributed by atoms with E-state index in [-0.39, 0.29) is 5.41 Å². The maximum atomic E-state index is 7.09. The molecule has 0 aliphatic heterocycles. The zero-order chi connectivity index (χ0) is 55.1. The Morgan fingerprint density at radius 3 is 1.46 bits per heavy atom. The van der Waals surface area contributed by atoms with Crippen molar-refractivity contribution < 1.29 is 13.3 Å². The molecular weight excluding hydrogens is 1010 g/mol. The lowest BCUT2D eigenvalue weighted by Gasteiger charge is -2.35. The summed E-state index contributed by atoms with van der Waals surface area (Å²) in [6, 6.07) is 91.3. The number of benzene rings is 12. The second kappa shape index (κ2) is 16.5. The van der Waals surface area contributed by atoms with E-state index in [1.54, 1.807) is 0 Å². The highest BCUT2D eigenvalue weighted by Gasteiger charge is 2.51. The number of anilines is 3. The highest BCUT2D eigenvalue weighted by molar-refractivity contribution is 6.22. The molecule has 15 aromatic rings. The molecule has 3 aromatic heterocycles. The number of nitrogens with zero attached hydrogens (tertiary/aromatic N) is 1. The fourth-order valence-corrected chi connectivity index (χ4v) is 15.8. The predicted octanol–water partition coefficient (Wildman–Crippen LogP) is 21.5. The molecule has 0 saturated heterocycles. The van der Waals surface area contributed by atoms with Crippen molar-refractivity contribution in [1.82, 2.24) is 0 Å². The molecule has 0 bridgehead atoms. The van der Waals surface area contributed by atoms with E-state index in [1.807, 2.05) is 0 Å². The van der Waals surface area contributed by atoms with Crippen molar-refractivity contribution >= 4 is 82.9 Å². The third kappa shape index (κ3) is 5.99. The monoisotopic (exact) mass is 1060 g/mol. The molecule has 0 N–H and O–H groups in total. The summed E-state index contributed by atoms with van der Waals surface area (Å²) in [4.78, 5) is 2.51. The standard InChI is InChI=1S/C79H53NO3/c1-77(2)58-33-18-14-29-51(58)72-74(77)73-69(71-56-32-17-21-37-65(56)83-76(71)72)52-41-39-49(43-59(52)78(73,3)4)80(62-34-22-38-66-68(62)54-30-15-19-35-63(54)81-66)50-40-42-53-60(44-50)79(47-25-10-6-11-26-47,48-27-12-7-13-28-48)61-45-57(46-23-8-5-9-24-46)75-70(67(53)61)55-31-16-20-36-64(55)82-75/h5-45H,1-4H3. The fraction of sp³-hybridized carbons (Fsp3) is 0.0886. The zero-order valence-electron chi connectivity index (χ0n) is 46.3. The van der Waals surface area contributed by atoms with Crippen LogP contribution in [0.5, 0.6) is 0 Å². The minimum absolute atomic E-state index is 0.280. The largest absolute Gasteiger partial charge is 0.456 e. The third-order valence-corrected chi connectivity index (χ3v) is 19.3. The van der Waals surface area contributed by atoms with Crippen molar-refractivity contribution in [2.24, 2.45) is 0 Å². The average Bonchev–Trinajstić information content (AvgIpc) is 1.65. The van der Waals surface area contributed by atoms with Crippen LogP contribution in [0.2, 0.25) is 0 Å². The maximum Gasteiger partial charge on any atom is 0.144 e. The average molecular weight is 1060 g/mol. The summed E-state index contributed by atoms with van der Waals surface area (Å²) < 4.78 is 20.9. The minimum Gasteiger partial charge on any atom is -0.456 e. The number of fused-ring (bicyclic) bond motifs is 22. The predicted molar refractivity (Wildman–Crippen MR) is 341 cm³/mol. The lowest BCUT2D eigenvalue weighted by molar-refractivity contribution is 0.600. The van der Waals surface area contributed by atoms with Crippen LogP contribution in [0.3, 0.4) is 0 Å². The molecule has 83 heavy (non-hydrogen) atoms. The molecule has 0 radical (unpaired) electrons. The summed E-state index contributed by atoms with van der Waals surface area (Å²) in [5.74, 6) is 0. The van der Waals surface area contributed by atoms with E-state index in [2.05, 4.69) is 281 Å². The fourth-order valence-electron chi connectivity index (χ4n) is 15.8. The molecule has 12 aromatic carbocycles. The molecule has 3 heterocycles. The zero-order valence-corrected chi connectivity index (χ0v) is 46.3. The van der Waals surface area contributed by atoms with Gasteiger partial charge in [0.1, 0.15) is 33.5 Å². The van der Waals surface area contributed by atoms with Gasteiger partial charge in [-0.05, 0) is 139 Å². The Hall–Kier alpha value is -10.2. The van der Waals surface area contributed by atoms with Gasteiger partial charge >= 0.3 is 0 Å². The van der Waals surface area contributed by atoms with Crippen LogP contribution >= 0.6 is 0 Å². The normalized spacial score (nSPS) is 14.8. The smallest absolute Gasteiger partial charge is 0.144 e. The molecule has 0 atom stereocenters. The molecule has 0 fully saturated rings. The summed E-state index contributed by atoms with van der Waals surface area (Å²) in [5.41, 5.74) is 26.8. The molecule has 0 unspecified atom stereocenters. The summed E-state index contributed by atoms with van der Waals surface area (Å²) >= 11 is 0. The van der Waals surface area contributed by atoms with E-state index in [9.17, 15) is 0 Å². The molecule has 3 aliphatic rings. The first kappa shape index (κ1) is 46.6. The van der Waals surface area contributed by atoms with Crippen LogP contribution in [0.1, 0.15) is 72.2 Å². The van der Waals surface area contributed by atoms with Gasteiger partial charge in [0, 0.05) is 60.3 Å². The van der Waals surface area contributed by atoms with Crippen LogP contribution < -0.4 is 4.90 Å². The molecule has 392 valence electrons. The van der Waals surface area contributed by atoms with Crippen molar-refractivity contribution in [3.63, 3.8) is 0 Å². The van der Waals surface area contributed by atoms with Crippen molar-refractivity contribution in [2.75, 3.05) is 4.90 Å². The Bertz CT molecular complexity index is 5230. The molecule has 4 heteroatoms. The van der Waals surface area contributed by atoms with Gasteiger partial charge in [-0.2, -0.15) is 0 Å². The molecule has 0 saturated carbocycles. The minimum atomic E-state index is -0.760. The number of hydrogen-bond donors (Lipinski definition) is 0. The first-order valence-electron chi connectivity index (χ1n) is 29.0. The van der Waals surface area contributed by atoms with Crippen molar-refractivity contribution in [3.8, 4) is 44.5 Å². The Labute approximate surface area is 480 Å². The van der Waals surface area contributed by atoms with Gasteiger partial charge in [0.15, 0.2) is 0 Å². The Balaban J connectivity index is 0.944. The van der Waals surface area contributed by atoms with E-state index < -0.39 is 10.8 Å². The first-order valence-corrected chi connectivity index (χ1v) is 29.0. The Kier molecular flexibility index (Phi) is 9.26. The highest BCUT2D eigenvalue weighted by Crippen LogP contribution is 2.65. The van der Waals surface area contributed by atoms with Gasteiger partial charge in [0.2, 0.25) is 0 Å². The van der Waals surface area contributed by atoms with Gasteiger partial charge in [-0.3, -0.25) is 0 Å². The summed E-state index contributed by atoms with van der Waals surface area (Å²) in [6.07, 6.45) is 0. The van der Waals surface area contributed by atoms with Crippen LogP contribution in [0.4, 0.5) is 17.1 Å². The van der Waals surface area contributed by atoms with E-state index >= 15 is 0 Å². The first-order chi connectivity index (χ1) is 40.7. The number of hydrogen-bond acceptors (Lipinski definition) is 4. The van der Waals surface area contributed by atoms with Crippen LogP contribution in [0.25, 0.3) is 110 Å². The van der Waals surface area contributed by atoms with E-state index in [0.29, 0.717) is 0 Å². The van der Waals surface area contributed by atoms with Gasteiger partial charge in [-0.1, -0.05) is 216 Å². The van der Waals surface area contributed by atoms with Crippen LogP contribution in [-0.4, -0.2) is 0 Å². The summed E-state index contributed by atoms with van der Waals surface area (Å²) in [7, 11) is 0. The molecule has 0 amide bonds. The second-order valence-corrected chi connectivity index (χ2v) is 24.1. The second-order valence-electron chi connectivity index (χ2n) is 24.1. The molecule has 3 aliphatic carbocycles. The maximum absolute atomic E-state index is 7.09. The number of rotatable bonds is 6. The van der Waals surface area contributed by atoms with Crippen LogP contribution in [0.15, 0.2) is 262 Å². The summed E-state index contributed by atoms with van der Waals surface area (Å²) in [6.45, 7) is 9.73. The van der Waals surface area contributed by atoms with Crippen molar-refractivity contribution in [1.29, 1.82) is 0 Å².